The minimum atomic E-state index is 0.175. The first-order valence-electron chi connectivity index (χ1n) is 3.41. The number of rotatable bonds is 0. The van der Waals surface area contributed by atoms with Crippen LogP contribution in [0.15, 0.2) is 30.6 Å². The van der Waals surface area contributed by atoms with Crippen LogP contribution in [-0.2, 0) is 0 Å². The van der Waals surface area contributed by atoms with E-state index in [0.717, 1.165) is 5.39 Å². The molecule has 0 bridgehead atoms. The Morgan fingerprint density at radius 1 is 1.33 bits per heavy atom. The summed E-state index contributed by atoms with van der Waals surface area (Å²) in [6.45, 7) is 0. The first-order chi connectivity index (χ1) is 5.79. The van der Waals surface area contributed by atoms with Gasteiger partial charge in [-0.3, -0.25) is 4.98 Å². The summed E-state index contributed by atoms with van der Waals surface area (Å²) in [6.07, 6.45) is 3.19. The van der Waals surface area contributed by atoms with Crippen molar-refractivity contribution in [3.63, 3.8) is 0 Å². The second kappa shape index (κ2) is 2.60. The van der Waals surface area contributed by atoms with Gasteiger partial charge in [0, 0.05) is 24.5 Å². The fourth-order valence-corrected chi connectivity index (χ4v) is 1.21. The highest BCUT2D eigenvalue weighted by atomic mass is 35.5. The van der Waals surface area contributed by atoms with Gasteiger partial charge in [-0.25, -0.2) is 0 Å². The molecule has 0 fully saturated rings. The average molecular weight is 181 g/mol. The minimum absolute atomic E-state index is 0.175. The van der Waals surface area contributed by atoms with E-state index in [1.54, 1.807) is 30.6 Å². The Bertz CT molecular complexity index is 430. The van der Waals surface area contributed by atoms with E-state index in [9.17, 15) is 5.21 Å². The van der Waals surface area contributed by atoms with Gasteiger partial charge < -0.3 is 5.21 Å². The van der Waals surface area contributed by atoms with Gasteiger partial charge in [0.05, 0.1) is 5.39 Å². The van der Waals surface area contributed by atoms with Crippen LogP contribution in [0.25, 0.3) is 10.9 Å². The highest BCUT2D eigenvalue weighted by Gasteiger charge is 2.06. The van der Waals surface area contributed by atoms with E-state index in [0.29, 0.717) is 10.2 Å². The molecule has 0 aliphatic carbocycles. The Labute approximate surface area is 73.8 Å². The van der Waals surface area contributed by atoms with Crippen LogP contribution in [0.3, 0.4) is 0 Å². The van der Waals surface area contributed by atoms with Gasteiger partial charge in [-0.2, -0.15) is 4.73 Å². The standard InChI is InChI=1S/C8H5ClN2O/c9-8-2-1-6-5-10-4-3-7(6)11(8)12/h1-5H. The van der Waals surface area contributed by atoms with Crippen molar-refractivity contribution in [2.24, 2.45) is 0 Å². The summed E-state index contributed by atoms with van der Waals surface area (Å²) in [5, 5.41) is 12.2. The molecule has 0 aromatic carbocycles. The van der Waals surface area contributed by atoms with Gasteiger partial charge in [-0.1, -0.05) is 0 Å². The van der Waals surface area contributed by atoms with Crippen molar-refractivity contribution in [2.45, 2.75) is 0 Å². The van der Waals surface area contributed by atoms with Crippen molar-refractivity contribution in [3.05, 3.63) is 41.0 Å². The molecule has 0 N–H and O–H groups in total. The number of hydrogen-bond acceptors (Lipinski definition) is 2. The lowest BCUT2D eigenvalue weighted by Crippen LogP contribution is -2.28. The summed E-state index contributed by atoms with van der Waals surface area (Å²) in [4.78, 5) is 3.89. The van der Waals surface area contributed by atoms with Gasteiger partial charge in [0.25, 0.3) is 5.15 Å². The Morgan fingerprint density at radius 2 is 2.17 bits per heavy atom. The molecule has 0 aliphatic rings. The number of pyridine rings is 2. The topological polar surface area (TPSA) is 39.8 Å². The molecule has 2 aromatic rings. The molecule has 0 radical (unpaired) electrons. The number of halogens is 1. The van der Waals surface area contributed by atoms with Crippen molar-refractivity contribution in [1.82, 2.24) is 4.98 Å². The van der Waals surface area contributed by atoms with Crippen molar-refractivity contribution in [1.29, 1.82) is 0 Å². The summed E-state index contributed by atoms with van der Waals surface area (Å²) in [5.74, 6) is 0. The molecular formula is C8H5ClN2O. The summed E-state index contributed by atoms with van der Waals surface area (Å²) >= 11 is 5.62. The van der Waals surface area contributed by atoms with Crippen LogP contribution in [0, 0.1) is 5.21 Å². The lowest BCUT2D eigenvalue weighted by molar-refractivity contribution is -0.574. The van der Waals surface area contributed by atoms with Gasteiger partial charge in [0.1, 0.15) is 0 Å². The van der Waals surface area contributed by atoms with Crippen LogP contribution in [-0.4, -0.2) is 4.98 Å². The van der Waals surface area contributed by atoms with Crippen LogP contribution < -0.4 is 4.73 Å². The number of fused-ring (bicyclic) bond motifs is 1. The molecule has 2 rings (SSSR count). The quantitative estimate of drug-likeness (QED) is 0.350. The fraction of sp³-hybridized carbons (Fsp3) is 0. The Balaban J connectivity index is 2.91. The second-order valence-corrected chi connectivity index (χ2v) is 2.77. The molecule has 60 valence electrons. The summed E-state index contributed by atoms with van der Waals surface area (Å²) in [6, 6.07) is 4.95. The van der Waals surface area contributed by atoms with Crippen LogP contribution in [0.1, 0.15) is 0 Å². The van der Waals surface area contributed by atoms with E-state index in [2.05, 4.69) is 4.98 Å². The molecule has 0 aliphatic heterocycles. The molecule has 0 unspecified atom stereocenters. The summed E-state index contributed by atoms with van der Waals surface area (Å²) in [7, 11) is 0. The highest BCUT2D eigenvalue weighted by molar-refractivity contribution is 6.28. The van der Waals surface area contributed by atoms with E-state index >= 15 is 0 Å². The lowest BCUT2D eigenvalue weighted by Gasteiger charge is -2.01. The van der Waals surface area contributed by atoms with Crippen molar-refractivity contribution < 1.29 is 4.73 Å². The lowest BCUT2D eigenvalue weighted by atomic mass is 10.3. The van der Waals surface area contributed by atoms with Crippen molar-refractivity contribution >= 4 is 22.5 Å². The van der Waals surface area contributed by atoms with Crippen LogP contribution in [0.2, 0.25) is 5.15 Å². The zero-order valence-electron chi connectivity index (χ0n) is 6.07. The molecule has 2 aromatic heterocycles. The number of aromatic nitrogens is 2. The normalized spacial score (nSPS) is 10.4. The van der Waals surface area contributed by atoms with E-state index in [1.807, 2.05) is 0 Å². The Kier molecular flexibility index (Phi) is 1.59. The third-order valence-electron chi connectivity index (χ3n) is 1.64. The SMILES string of the molecule is [O-][n+]1c(Cl)ccc2cnccc21. The third kappa shape index (κ3) is 0.987. The zero-order chi connectivity index (χ0) is 8.55. The van der Waals surface area contributed by atoms with E-state index in [-0.39, 0.29) is 5.15 Å². The van der Waals surface area contributed by atoms with Gasteiger partial charge in [0.15, 0.2) is 0 Å². The molecular weight excluding hydrogens is 176 g/mol. The molecule has 0 saturated heterocycles. The maximum atomic E-state index is 11.3. The average Bonchev–Trinajstić information content (AvgIpc) is 2.12. The van der Waals surface area contributed by atoms with E-state index < -0.39 is 0 Å². The molecule has 12 heavy (non-hydrogen) atoms. The molecule has 0 spiro atoms. The van der Waals surface area contributed by atoms with Gasteiger partial charge >= 0.3 is 0 Å². The van der Waals surface area contributed by atoms with Crippen LogP contribution >= 0.6 is 11.6 Å². The summed E-state index contributed by atoms with van der Waals surface area (Å²) in [5.41, 5.74) is 0.539. The van der Waals surface area contributed by atoms with Gasteiger partial charge in [-0.05, 0) is 17.7 Å². The molecule has 2 heterocycles. The predicted molar refractivity (Wildman–Crippen MR) is 45.7 cm³/mol. The maximum Gasteiger partial charge on any atom is 0.286 e. The smallest absolute Gasteiger partial charge is 0.286 e. The Morgan fingerprint density at radius 3 is 3.00 bits per heavy atom. The minimum Gasteiger partial charge on any atom is -0.617 e. The van der Waals surface area contributed by atoms with Crippen molar-refractivity contribution in [2.75, 3.05) is 0 Å². The number of nitrogens with zero attached hydrogens (tertiary/aromatic N) is 2. The summed E-state index contributed by atoms with van der Waals surface area (Å²) < 4.78 is 0.679. The second-order valence-electron chi connectivity index (χ2n) is 2.38. The fourth-order valence-electron chi connectivity index (χ4n) is 1.05. The first-order valence-corrected chi connectivity index (χ1v) is 3.78. The molecule has 4 heteroatoms. The third-order valence-corrected chi connectivity index (χ3v) is 1.92. The van der Waals surface area contributed by atoms with Gasteiger partial charge in [-0.15, -0.1) is 0 Å². The van der Waals surface area contributed by atoms with Crippen molar-refractivity contribution in [3.8, 4) is 0 Å². The zero-order valence-corrected chi connectivity index (χ0v) is 6.82. The maximum absolute atomic E-state index is 11.3. The highest BCUT2D eigenvalue weighted by Crippen LogP contribution is 2.10. The predicted octanol–water partition coefficient (Wildman–Crippen LogP) is 1.52. The molecule has 0 saturated carbocycles. The van der Waals surface area contributed by atoms with Crippen LogP contribution in [0.5, 0.6) is 0 Å². The Hall–Kier alpha value is -1.35. The van der Waals surface area contributed by atoms with Gasteiger partial charge in [0.2, 0.25) is 5.52 Å². The number of hydrogen-bond donors (Lipinski definition) is 0. The molecule has 0 atom stereocenters. The van der Waals surface area contributed by atoms with E-state index in [4.69, 9.17) is 11.6 Å². The molecule has 0 amide bonds. The largest absolute Gasteiger partial charge is 0.617 e. The van der Waals surface area contributed by atoms with E-state index in [1.165, 1.54) is 0 Å². The monoisotopic (exact) mass is 180 g/mol. The molecule has 3 nitrogen and oxygen atoms in total. The first kappa shape index (κ1) is 7.31. The van der Waals surface area contributed by atoms with Crippen LogP contribution in [0.4, 0.5) is 0 Å².